The van der Waals surface area contributed by atoms with Crippen LogP contribution in [0, 0.1) is 5.92 Å². The highest BCUT2D eigenvalue weighted by molar-refractivity contribution is 5.05. The third-order valence-electron chi connectivity index (χ3n) is 3.39. The van der Waals surface area contributed by atoms with Gasteiger partial charge in [0.2, 0.25) is 0 Å². The van der Waals surface area contributed by atoms with E-state index in [9.17, 15) is 0 Å². The molecule has 1 N–H and O–H groups in total. The summed E-state index contributed by atoms with van der Waals surface area (Å²) in [6, 6.07) is 0.495. The van der Waals surface area contributed by atoms with Gasteiger partial charge in [-0.3, -0.25) is 0 Å². The van der Waals surface area contributed by atoms with Gasteiger partial charge in [-0.2, -0.15) is 0 Å². The molecule has 1 unspecified atom stereocenters. The number of hydrogen-bond acceptors (Lipinski definition) is 2. The molecule has 0 spiro atoms. The van der Waals surface area contributed by atoms with Crippen LogP contribution in [0.2, 0.25) is 0 Å². The molecule has 0 aromatic carbocycles. The first-order chi connectivity index (χ1) is 7.74. The fraction of sp³-hybridized carbons (Fsp3) is 0.857. The van der Waals surface area contributed by atoms with Crippen molar-refractivity contribution >= 4 is 0 Å². The SMILES string of the molecule is COCC(NCCC1=CCCCC1)C(C)C. The van der Waals surface area contributed by atoms with E-state index in [4.69, 9.17) is 4.74 Å². The Morgan fingerprint density at radius 3 is 2.75 bits per heavy atom. The zero-order valence-electron chi connectivity index (χ0n) is 11.1. The normalized spacial score (nSPS) is 18.6. The van der Waals surface area contributed by atoms with Gasteiger partial charge in [0.25, 0.3) is 0 Å². The summed E-state index contributed by atoms with van der Waals surface area (Å²) >= 11 is 0. The summed E-state index contributed by atoms with van der Waals surface area (Å²) in [5.74, 6) is 0.639. The third kappa shape index (κ3) is 5.13. The van der Waals surface area contributed by atoms with Crippen LogP contribution in [0.25, 0.3) is 0 Å². The van der Waals surface area contributed by atoms with Gasteiger partial charge in [0.1, 0.15) is 0 Å². The summed E-state index contributed by atoms with van der Waals surface area (Å²) in [5, 5.41) is 3.60. The van der Waals surface area contributed by atoms with Crippen LogP contribution in [0.1, 0.15) is 46.0 Å². The smallest absolute Gasteiger partial charge is 0.0618 e. The quantitative estimate of drug-likeness (QED) is 0.672. The second kappa shape index (κ2) is 7.86. The molecule has 0 fully saturated rings. The maximum absolute atomic E-state index is 5.23. The first-order valence-electron chi connectivity index (χ1n) is 6.64. The van der Waals surface area contributed by atoms with E-state index in [0.29, 0.717) is 12.0 Å². The van der Waals surface area contributed by atoms with Crippen LogP contribution in [0.4, 0.5) is 0 Å². The van der Waals surface area contributed by atoms with Gasteiger partial charge in [-0.15, -0.1) is 0 Å². The number of nitrogens with one attached hydrogen (secondary N) is 1. The molecule has 2 heteroatoms. The lowest BCUT2D eigenvalue weighted by Gasteiger charge is -2.22. The minimum absolute atomic E-state index is 0.495. The zero-order chi connectivity index (χ0) is 11.8. The number of allylic oxidation sites excluding steroid dienone is 1. The molecule has 0 heterocycles. The van der Waals surface area contributed by atoms with Crippen molar-refractivity contribution in [1.82, 2.24) is 5.32 Å². The van der Waals surface area contributed by atoms with E-state index in [1.807, 2.05) is 0 Å². The molecule has 16 heavy (non-hydrogen) atoms. The maximum atomic E-state index is 5.23. The van der Waals surface area contributed by atoms with Crippen molar-refractivity contribution in [2.24, 2.45) is 5.92 Å². The van der Waals surface area contributed by atoms with Gasteiger partial charge in [-0.1, -0.05) is 25.5 Å². The molecule has 0 aliphatic heterocycles. The first-order valence-corrected chi connectivity index (χ1v) is 6.64. The Morgan fingerprint density at radius 2 is 2.19 bits per heavy atom. The average molecular weight is 225 g/mol. The van der Waals surface area contributed by atoms with Crippen molar-refractivity contribution in [3.63, 3.8) is 0 Å². The van der Waals surface area contributed by atoms with Gasteiger partial charge in [-0.05, 0) is 44.6 Å². The number of rotatable bonds is 7. The highest BCUT2D eigenvalue weighted by atomic mass is 16.5. The van der Waals surface area contributed by atoms with Crippen LogP contribution < -0.4 is 5.32 Å². The van der Waals surface area contributed by atoms with Gasteiger partial charge in [-0.25, -0.2) is 0 Å². The van der Waals surface area contributed by atoms with Gasteiger partial charge in [0.15, 0.2) is 0 Å². The lowest BCUT2D eigenvalue weighted by Crippen LogP contribution is -2.38. The van der Waals surface area contributed by atoms with Crippen LogP contribution in [-0.2, 0) is 4.74 Å². The van der Waals surface area contributed by atoms with Crippen molar-refractivity contribution in [3.8, 4) is 0 Å². The summed E-state index contributed by atoms with van der Waals surface area (Å²) in [5.41, 5.74) is 1.65. The van der Waals surface area contributed by atoms with Gasteiger partial charge in [0, 0.05) is 13.2 Å². The van der Waals surface area contributed by atoms with Crippen LogP contribution in [0.3, 0.4) is 0 Å². The molecule has 0 aromatic rings. The molecule has 0 saturated carbocycles. The summed E-state index contributed by atoms with van der Waals surface area (Å²) in [4.78, 5) is 0. The van der Waals surface area contributed by atoms with E-state index in [2.05, 4.69) is 25.2 Å². The number of ether oxygens (including phenoxy) is 1. The van der Waals surface area contributed by atoms with Crippen LogP contribution in [-0.4, -0.2) is 26.3 Å². The minimum Gasteiger partial charge on any atom is -0.383 e. The van der Waals surface area contributed by atoms with Gasteiger partial charge in [0.05, 0.1) is 6.61 Å². The molecule has 0 saturated heterocycles. The van der Waals surface area contributed by atoms with E-state index in [0.717, 1.165) is 13.2 Å². The van der Waals surface area contributed by atoms with Crippen molar-refractivity contribution in [2.75, 3.05) is 20.3 Å². The summed E-state index contributed by atoms with van der Waals surface area (Å²) in [6.07, 6.45) is 9.03. The summed E-state index contributed by atoms with van der Waals surface area (Å²) in [6.45, 7) is 6.40. The molecule has 1 atom stereocenters. The van der Waals surface area contributed by atoms with Crippen LogP contribution in [0.15, 0.2) is 11.6 Å². The predicted molar refractivity (Wildman–Crippen MR) is 69.7 cm³/mol. The highest BCUT2D eigenvalue weighted by Gasteiger charge is 2.12. The summed E-state index contributed by atoms with van der Waals surface area (Å²) in [7, 11) is 1.78. The molecule has 0 aromatic heterocycles. The zero-order valence-corrected chi connectivity index (χ0v) is 11.1. The van der Waals surface area contributed by atoms with Crippen LogP contribution in [0.5, 0.6) is 0 Å². The van der Waals surface area contributed by atoms with Gasteiger partial charge >= 0.3 is 0 Å². The van der Waals surface area contributed by atoms with Crippen LogP contribution >= 0.6 is 0 Å². The van der Waals surface area contributed by atoms with E-state index >= 15 is 0 Å². The highest BCUT2D eigenvalue weighted by Crippen LogP contribution is 2.19. The van der Waals surface area contributed by atoms with E-state index in [-0.39, 0.29) is 0 Å². The molecule has 2 nitrogen and oxygen atoms in total. The molecule has 1 aliphatic carbocycles. The number of methoxy groups -OCH3 is 1. The Kier molecular flexibility index (Phi) is 6.74. The first kappa shape index (κ1) is 13.7. The van der Waals surface area contributed by atoms with Gasteiger partial charge < -0.3 is 10.1 Å². The molecule has 0 bridgehead atoms. The fourth-order valence-electron chi connectivity index (χ4n) is 2.22. The lowest BCUT2D eigenvalue weighted by molar-refractivity contribution is 0.147. The molecule has 1 aliphatic rings. The van der Waals surface area contributed by atoms with Crippen molar-refractivity contribution < 1.29 is 4.74 Å². The van der Waals surface area contributed by atoms with Crippen molar-refractivity contribution in [3.05, 3.63) is 11.6 Å². The largest absolute Gasteiger partial charge is 0.383 e. The van der Waals surface area contributed by atoms with E-state index in [1.54, 1.807) is 12.7 Å². The molecule has 94 valence electrons. The minimum atomic E-state index is 0.495. The third-order valence-corrected chi connectivity index (χ3v) is 3.39. The molecular formula is C14H27NO. The Morgan fingerprint density at radius 1 is 1.38 bits per heavy atom. The molecular weight excluding hydrogens is 198 g/mol. The second-order valence-electron chi connectivity index (χ2n) is 5.12. The molecule has 0 amide bonds. The summed E-state index contributed by atoms with van der Waals surface area (Å²) < 4.78 is 5.23. The predicted octanol–water partition coefficient (Wildman–Crippen LogP) is 3.14. The average Bonchev–Trinajstić information content (AvgIpc) is 2.29. The Balaban J connectivity index is 2.19. The fourth-order valence-corrected chi connectivity index (χ4v) is 2.22. The topological polar surface area (TPSA) is 21.3 Å². The standard InChI is InChI=1S/C14H27NO/c1-12(2)14(11-16-3)15-10-9-13-7-5-4-6-8-13/h7,12,14-15H,4-6,8-11H2,1-3H3. The monoisotopic (exact) mass is 225 g/mol. The van der Waals surface area contributed by atoms with E-state index < -0.39 is 0 Å². The molecule has 0 radical (unpaired) electrons. The second-order valence-corrected chi connectivity index (χ2v) is 5.12. The van der Waals surface area contributed by atoms with E-state index in [1.165, 1.54) is 32.1 Å². The van der Waals surface area contributed by atoms with Crippen molar-refractivity contribution in [2.45, 2.75) is 52.0 Å². The van der Waals surface area contributed by atoms with Crippen molar-refractivity contribution in [1.29, 1.82) is 0 Å². The Bertz CT molecular complexity index is 211. The Labute approximate surface area is 100 Å². The number of hydrogen-bond donors (Lipinski definition) is 1. The lowest BCUT2D eigenvalue weighted by atomic mass is 9.97. The molecule has 1 rings (SSSR count). The Hall–Kier alpha value is -0.340. The maximum Gasteiger partial charge on any atom is 0.0618 e.